The van der Waals surface area contributed by atoms with Crippen molar-refractivity contribution in [2.45, 2.75) is 4.90 Å². The Morgan fingerprint density at radius 1 is 0.733 bits per heavy atom. The first-order valence-corrected chi connectivity index (χ1v) is 10.7. The van der Waals surface area contributed by atoms with Gasteiger partial charge in [-0.1, -0.05) is 54.6 Å². The normalized spacial score (nSPS) is 11.1. The van der Waals surface area contributed by atoms with Crippen molar-refractivity contribution in [1.29, 1.82) is 0 Å². The van der Waals surface area contributed by atoms with Crippen molar-refractivity contribution in [2.24, 2.45) is 0 Å². The van der Waals surface area contributed by atoms with Gasteiger partial charge in [0.15, 0.2) is 0 Å². The van der Waals surface area contributed by atoms with Crippen LogP contribution in [-0.4, -0.2) is 25.7 Å². The van der Waals surface area contributed by atoms with Crippen LogP contribution in [0.15, 0.2) is 95.9 Å². The Morgan fingerprint density at radius 2 is 1.43 bits per heavy atom. The third kappa shape index (κ3) is 4.31. The lowest BCUT2D eigenvalue weighted by Crippen LogP contribution is -2.12. The first-order chi connectivity index (χ1) is 14.5. The third-order valence-electron chi connectivity index (χ3n) is 4.53. The molecule has 0 aliphatic rings. The van der Waals surface area contributed by atoms with E-state index < -0.39 is 10.0 Å². The highest BCUT2D eigenvalue weighted by atomic mass is 32.2. The van der Waals surface area contributed by atoms with E-state index in [9.17, 15) is 8.42 Å². The van der Waals surface area contributed by atoms with Crippen LogP contribution < -0.4 is 9.46 Å². The SMILES string of the molecule is COc1ccc(-c2cccc(NS(=O)(=O)c3ccc(-c4ccccc4)cc3)c2)nn1. The molecule has 1 aromatic heterocycles. The average molecular weight is 417 g/mol. The molecule has 0 radical (unpaired) electrons. The number of rotatable bonds is 6. The molecule has 0 spiro atoms. The smallest absolute Gasteiger partial charge is 0.261 e. The summed E-state index contributed by atoms with van der Waals surface area (Å²) < 4.78 is 33.3. The van der Waals surface area contributed by atoms with Gasteiger partial charge in [-0.25, -0.2) is 8.42 Å². The Bertz CT molecular complexity index is 1240. The molecule has 1 N–H and O–H groups in total. The summed E-state index contributed by atoms with van der Waals surface area (Å²) in [5.74, 6) is 0.412. The number of aromatic nitrogens is 2. The molecule has 3 aromatic carbocycles. The minimum atomic E-state index is -3.73. The van der Waals surface area contributed by atoms with E-state index in [0.717, 1.165) is 16.7 Å². The lowest BCUT2D eigenvalue weighted by molar-refractivity contribution is 0.392. The number of hydrogen-bond acceptors (Lipinski definition) is 5. The number of nitrogens with zero attached hydrogens (tertiary/aromatic N) is 2. The van der Waals surface area contributed by atoms with E-state index >= 15 is 0 Å². The minimum Gasteiger partial charge on any atom is -0.480 e. The lowest BCUT2D eigenvalue weighted by atomic mass is 10.1. The summed E-state index contributed by atoms with van der Waals surface area (Å²) in [6, 6.07) is 27.1. The highest BCUT2D eigenvalue weighted by Crippen LogP contribution is 2.25. The molecule has 0 saturated carbocycles. The van der Waals surface area contributed by atoms with Crippen molar-refractivity contribution in [3.63, 3.8) is 0 Å². The van der Waals surface area contributed by atoms with Gasteiger partial charge in [0.2, 0.25) is 5.88 Å². The monoisotopic (exact) mass is 417 g/mol. The van der Waals surface area contributed by atoms with Gasteiger partial charge in [0.1, 0.15) is 0 Å². The number of nitrogens with one attached hydrogen (secondary N) is 1. The van der Waals surface area contributed by atoms with Crippen LogP contribution >= 0.6 is 0 Å². The molecule has 0 bridgehead atoms. The fourth-order valence-corrected chi connectivity index (χ4v) is 4.05. The van der Waals surface area contributed by atoms with E-state index in [1.165, 1.54) is 7.11 Å². The first kappa shape index (κ1) is 19.6. The van der Waals surface area contributed by atoms with Gasteiger partial charge in [0, 0.05) is 17.3 Å². The molecule has 0 unspecified atom stereocenters. The maximum atomic E-state index is 12.8. The van der Waals surface area contributed by atoms with E-state index in [-0.39, 0.29) is 4.90 Å². The van der Waals surface area contributed by atoms with Crippen molar-refractivity contribution in [1.82, 2.24) is 10.2 Å². The van der Waals surface area contributed by atoms with Gasteiger partial charge in [-0.05, 0) is 41.5 Å². The van der Waals surface area contributed by atoms with Crippen molar-refractivity contribution in [2.75, 3.05) is 11.8 Å². The number of hydrogen-bond donors (Lipinski definition) is 1. The van der Waals surface area contributed by atoms with Crippen molar-refractivity contribution < 1.29 is 13.2 Å². The van der Waals surface area contributed by atoms with Gasteiger partial charge < -0.3 is 4.74 Å². The Labute approximate surface area is 175 Å². The Hall–Kier alpha value is -3.71. The molecule has 6 nitrogen and oxygen atoms in total. The van der Waals surface area contributed by atoms with Gasteiger partial charge in [0.05, 0.1) is 17.7 Å². The molecule has 150 valence electrons. The van der Waals surface area contributed by atoms with Crippen LogP contribution in [0.25, 0.3) is 22.4 Å². The van der Waals surface area contributed by atoms with Gasteiger partial charge in [-0.15, -0.1) is 10.2 Å². The summed E-state index contributed by atoms with van der Waals surface area (Å²) >= 11 is 0. The van der Waals surface area contributed by atoms with Gasteiger partial charge in [-0.3, -0.25) is 4.72 Å². The molecule has 0 aliphatic carbocycles. The fourth-order valence-electron chi connectivity index (χ4n) is 3.00. The first-order valence-electron chi connectivity index (χ1n) is 9.22. The summed E-state index contributed by atoms with van der Waals surface area (Å²) in [5.41, 5.74) is 3.78. The number of ether oxygens (including phenoxy) is 1. The molecule has 30 heavy (non-hydrogen) atoms. The van der Waals surface area contributed by atoms with Crippen LogP contribution in [0, 0.1) is 0 Å². The van der Waals surface area contributed by atoms with E-state index in [1.807, 2.05) is 36.4 Å². The summed E-state index contributed by atoms with van der Waals surface area (Å²) in [4.78, 5) is 0.192. The predicted molar refractivity (Wildman–Crippen MR) is 117 cm³/mol. The van der Waals surface area contributed by atoms with E-state index in [0.29, 0.717) is 17.3 Å². The zero-order chi connectivity index (χ0) is 21.0. The number of sulfonamides is 1. The second-order valence-electron chi connectivity index (χ2n) is 6.54. The van der Waals surface area contributed by atoms with Crippen LogP contribution in [0.5, 0.6) is 5.88 Å². The molecule has 0 atom stereocenters. The average Bonchev–Trinajstić information content (AvgIpc) is 2.80. The molecular weight excluding hydrogens is 398 g/mol. The highest BCUT2D eigenvalue weighted by Gasteiger charge is 2.15. The van der Waals surface area contributed by atoms with Crippen LogP contribution in [0.3, 0.4) is 0 Å². The quantitative estimate of drug-likeness (QED) is 0.495. The molecule has 4 rings (SSSR count). The fraction of sp³-hybridized carbons (Fsp3) is 0.0435. The van der Waals surface area contributed by atoms with Crippen LogP contribution in [0.2, 0.25) is 0 Å². The molecule has 0 amide bonds. The standard InChI is InChI=1S/C23H19N3O3S/c1-29-23-15-14-22(24-25-23)19-8-5-9-20(16-19)26-30(27,28)21-12-10-18(11-13-21)17-6-3-2-4-7-17/h2-16,26H,1H3. The van der Waals surface area contributed by atoms with Crippen molar-refractivity contribution in [3.05, 3.63) is 91.0 Å². The molecule has 7 heteroatoms. The summed E-state index contributed by atoms with van der Waals surface area (Å²) in [6.07, 6.45) is 0. The molecule has 4 aromatic rings. The van der Waals surface area contributed by atoms with Gasteiger partial charge in [0.25, 0.3) is 10.0 Å². The minimum absolute atomic E-state index is 0.192. The van der Waals surface area contributed by atoms with Crippen molar-refractivity contribution >= 4 is 15.7 Å². The number of methoxy groups -OCH3 is 1. The van der Waals surface area contributed by atoms with E-state index in [2.05, 4.69) is 14.9 Å². The maximum Gasteiger partial charge on any atom is 0.261 e. The van der Waals surface area contributed by atoms with Crippen LogP contribution in [0.1, 0.15) is 0 Å². The molecule has 0 aliphatic heterocycles. The second-order valence-corrected chi connectivity index (χ2v) is 8.22. The van der Waals surface area contributed by atoms with Crippen LogP contribution in [0.4, 0.5) is 5.69 Å². The zero-order valence-electron chi connectivity index (χ0n) is 16.2. The van der Waals surface area contributed by atoms with E-state index in [4.69, 9.17) is 4.74 Å². The molecule has 0 fully saturated rings. The highest BCUT2D eigenvalue weighted by molar-refractivity contribution is 7.92. The summed E-state index contributed by atoms with van der Waals surface area (Å²) in [7, 11) is -2.21. The molecule has 0 saturated heterocycles. The van der Waals surface area contributed by atoms with Crippen molar-refractivity contribution in [3.8, 4) is 28.3 Å². The Kier molecular flexibility index (Phi) is 5.45. The lowest BCUT2D eigenvalue weighted by Gasteiger charge is -2.10. The van der Waals surface area contributed by atoms with Gasteiger partial charge >= 0.3 is 0 Å². The predicted octanol–water partition coefficient (Wildman–Crippen LogP) is 4.62. The summed E-state index contributed by atoms with van der Waals surface area (Å²) in [6.45, 7) is 0. The topological polar surface area (TPSA) is 81.2 Å². The summed E-state index contributed by atoms with van der Waals surface area (Å²) in [5, 5.41) is 8.05. The largest absolute Gasteiger partial charge is 0.480 e. The Morgan fingerprint density at radius 3 is 2.10 bits per heavy atom. The maximum absolute atomic E-state index is 12.8. The third-order valence-corrected chi connectivity index (χ3v) is 5.93. The van der Waals surface area contributed by atoms with Gasteiger partial charge in [-0.2, -0.15) is 0 Å². The Balaban J connectivity index is 1.56. The molecular formula is C23H19N3O3S. The second kappa shape index (κ2) is 8.34. The van der Waals surface area contributed by atoms with Crippen LogP contribution in [-0.2, 0) is 10.0 Å². The number of benzene rings is 3. The number of anilines is 1. The molecule has 1 heterocycles. The van der Waals surface area contributed by atoms with E-state index in [1.54, 1.807) is 54.6 Å². The zero-order valence-corrected chi connectivity index (χ0v) is 17.0.